The van der Waals surface area contributed by atoms with Crippen molar-refractivity contribution in [2.75, 3.05) is 20.1 Å². The molecule has 0 aromatic carbocycles. The third-order valence-electron chi connectivity index (χ3n) is 1.64. The molecular formula is C7H13BrN2. The Bertz CT molecular complexity index is 134. The van der Waals surface area contributed by atoms with E-state index < -0.39 is 0 Å². The Morgan fingerprint density at radius 1 is 1.80 bits per heavy atom. The summed E-state index contributed by atoms with van der Waals surface area (Å²) in [4.78, 5) is 5.03. The lowest BCUT2D eigenvalue weighted by Gasteiger charge is -2.15. The molecule has 0 saturated carbocycles. The molecule has 58 valence electrons. The van der Waals surface area contributed by atoms with Gasteiger partial charge in [0.2, 0.25) is 0 Å². The van der Waals surface area contributed by atoms with Crippen molar-refractivity contribution in [1.82, 2.24) is 5.32 Å². The van der Waals surface area contributed by atoms with E-state index in [1.165, 1.54) is 12.1 Å². The zero-order valence-corrected chi connectivity index (χ0v) is 7.82. The summed E-state index contributed by atoms with van der Waals surface area (Å²) >= 11 is 3.54. The van der Waals surface area contributed by atoms with Crippen LogP contribution in [0.25, 0.3) is 0 Å². The average molecular weight is 205 g/mol. The van der Waals surface area contributed by atoms with Gasteiger partial charge in [0.25, 0.3) is 0 Å². The van der Waals surface area contributed by atoms with E-state index >= 15 is 0 Å². The van der Waals surface area contributed by atoms with Crippen LogP contribution in [0.5, 0.6) is 0 Å². The van der Waals surface area contributed by atoms with Crippen LogP contribution in [0.15, 0.2) is 4.99 Å². The highest BCUT2D eigenvalue weighted by molar-refractivity contribution is 9.09. The molecule has 1 heterocycles. The largest absolute Gasteiger partial charge is 0.315 e. The summed E-state index contributed by atoms with van der Waals surface area (Å²) < 4.78 is 0. The summed E-state index contributed by atoms with van der Waals surface area (Å²) in [5.41, 5.74) is 1.32. The lowest BCUT2D eigenvalue weighted by Crippen LogP contribution is -2.24. The van der Waals surface area contributed by atoms with E-state index in [2.05, 4.69) is 26.2 Å². The molecule has 0 aromatic rings. The molecule has 0 aromatic heterocycles. The van der Waals surface area contributed by atoms with Gasteiger partial charge in [0, 0.05) is 17.1 Å². The van der Waals surface area contributed by atoms with Crippen LogP contribution in [0.3, 0.4) is 0 Å². The highest BCUT2D eigenvalue weighted by Crippen LogP contribution is 2.13. The number of alkyl halides is 1. The normalized spacial score (nSPS) is 26.2. The summed E-state index contributed by atoms with van der Waals surface area (Å²) in [5, 5.41) is 3.11. The van der Waals surface area contributed by atoms with Crippen molar-refractivity contribution in [2.45, 2.75) is 17.7 Å². The molecule has 0 radical (unpaired) electrons. The van der Waals surface area contributed by atoms with Gasteiger partial charge >= 0.3 is 0 Å². The van der Waals surface area contributed by atoms with Crippen molar-refractivity contribution in [3.8, 4) is 0 Å². The fourth-order valence-electron chi connectivity index (χ4n) is 1.07. The Balaban J connectivity index is 2.33. The van der Waals surface area contributed by atoms with Crippen LogP contribution in [0.4, 0.5) is 0 Å². The SMILES string of the molecule is CNCC1=NCC(Br)CC1. The van der Waals surface area contributed by atoms with Gasteiger partial charge in [-0.15, -0.1) is 0 Å². The molecule has 1 unspecified atom stereocenters. The molecule has 0 aliphatic carbocycles. The predicted octanol–water partition coefficient (Wildman–Crippen LogP) is 1.20. The second-order valence-corrected chi connectivity index (χ2v) is 3.87. The van der Waals surface area contributed by atoms with Gasteiger partial charge in [-0.2, -0.15) is 0 Å². The first-order chi connectivity index (χ1) is 4.83. The fourth-order valence-corrected chi connectivity index (χ4v) is 1.44. The molecule has 10 heavy (non-hydrogen) atoms. The zero-order valence-electron chi connectivity index (χ0n) is 6.23. The third-order valence-corrected chi connectivity index (χ3v) is 2.39. The van der Waals surface area contributed by atoms with Crippen LogP contribution < -0.4 is 5.32 Å². The fraction of sp³-hybridized carbons (Fsp3) is 0.857. The molecule has 1 atom stereocenters. The van der Waals surface area contributed by atoms with Gasteiger partial charge in [-0.1, -0.05) is 15.9 Å². The van der Waals surface area contributed by atoms with Crippen molar-refractivity contribution in [3.05, 3.63) is 0 Å². The maximum absolute atomic E-state index is 4.41. The number of aliphatic imine (C=N–C) groups is 1. The van der Waals surface area contributed by atoms with E-state index in [-0.39, 0.29) is 0 Å². The highest BCUT2D eigenvalue weighted by atomic mass is 79.9. The van der Waals surface area contributed by atoms with Crippen LogP contribution in [-0.4, -0.2) is 30.7 Å². The van der Waals surface area contributed by atoms with Gasteiger partial charge in [0.05, 0.1) is 6.54 Å². The molecule has 1 aliphatic heterocycles. The van der Waals surface area contributed by atoms with Gasteiger partial charge in [0.15, 0.2) is 0 Å². The first-order valence-electron chi connectivity index (χ1n) is 3.64. The zero-order chi connectivity index (χ0) is 7.40. The molecule has 3 heteroatoms. The molecule has 0 saturated heterocycles. The van der Waals surface area contributed by atoms with Crippen molar-refractivity contribution in [1.29, 1.82) is 0 Å². The number of hydrogen-bond acceptors (Lipinski definition) is 2. The van der Waals surface area contributed by atoms with Gasteiger partial charge in [-0.25, -0.2) is 0 Å². The Morgan fingerprint density at radius 2 is 2.60 bits per heavy atom. The Labute approximate surface area is 70.2 Å². The summed E-state index contributed by atoms with van der Waals surface area (Å²) in [5.74, 6) is 0. The van der Waals surface area contributed by atoms with Gasteiger partial charge in [0.1, 0.15) is 0 Å². The quantitative estimate of drug-likeness (QED) is 0.673. The van der Waals surface area contributed by atoms with E-state index in [0.717, 1.165) is 19.5 Å². The number of rotatable bonds is 2. The minimum atomic E-state index is 0.619. The topological polar surface area (TPSA) is 24.4 Å². The lowest BCUT2D eigenvalue weighted by atomic mass is 10.1. The summed E-state index contributed by atoms with van der Waals surface area (Å²) in [6.07, 6.45) is 2.39. The van der Waals surface area contributed by atoms with Crippen LogP contribution in [0.2, 0.25) is 0 Å². The number of hydrogen-bond donors (Lipinski definition) is 1. The Kier molecular flexibility index (Phi) is 3.35. The van der Waals surface area contributed by atoms with Gasteiger partial charge in [-0.05, 0) is 19.9 Å². The van der Waals surface area contributed by atoms with E-state index in [0.29, 0.717) is 4.83 Å². The Morgan fingerprint density at radius 3 is 3.10 bits per heavy atom. The maximum atomic E-state index is 4.41. The van der Waals surface area contributed by atoms with Gasteiger partial charge < -0.3 is 5.32 Å². The van der Waals surface area contributed by atoms with E-state index in [4.69, 9.17) is 0 Å². The second-order valence-electron chi connectivity index (χ2n) is 2.57. The van der Waals surface area contributed by atoms with E-state index in [1.807, 2.05) is 7.05 Å². The first kappa shape index (κ1) is 8.21. The number of halogens is 1. The van der Waals surface area contributed by atoms with Crippen molar-refractivity contribution in [3.63, 3.8) is 0 Å². The van der Waals surface area contributed by atoms with Crippen molar-refractivity contribution >= 4 is 21.6 Å². The number of nitrogens with zero attached hydrogens (tertiary/aromatic N) is 1. The molecule has 1 rings (SSSR count). The molecule has 2 nitrogen and oxygen atoms in total. The summed E-state index contributed by atoms with van der Waals surface area (Å²) in [6.45, 7) is 1.91. The molecule has 0 spiro atoms. The molecule has 0 amide bonds. The van der Waals surface area contributed by atoms with E-state index in [9.17, 15) is 0 Å². The molecule has 1 N–H and O–H groups in total. The minimum Gasteiger partial charge on any atom is -0.315 e. The third kappa shape index (κ3) is 2.39. The molecule has 0 bridgehead atoms. The van der Waals surface area contributed by atoms with Crippen LogP contribution in [-0.2, 0) is 0 Å². The smallest absolute Gasteiger partial charge is 0.0514 e. The molecule has 1 aliphatic rings. The monoisotopic (exact) mass is 204 g/mol. The molecule has 0 fully saturated rings. The summed E-state index contributed by atoms with van der Waals surface area (Å²) in [6, 6.07) is 0. The minimum absolute atomic E-state index is 0.619. The number of nitrogens with one attached hydrogen (secondary N) is 1. The van der Waals surface area contributed by atoms with Gasteiger partial charge in [-0.3, -0.25) is 4.99 Å². The maximum Gasteiger partial charge on any atom is 0.0514 e. The van der Waals surface area contributed by atoms with Crippen LogP contribution in [0, 0.1) is 0 Å². The lowest BCUT2D eigenvalue weighted by molar-refractivity contribution is 0.747. The average Bonchev–Trinajstić information content (AvgIpc) is 1.95. The van der Waals surface area contributed by atoms with E-state index in [1.54, 1.807) is 0 Å². The first-order valence-corrected chi connectivity index (χ1v) is 4.55. The predicted molar refractivity (Wildman–Crippen MR) is 48.2 cm³/mol. The van der Waals surface area contributed by atoms with Crippen LogP contribution in [0.1, 0.15) is 12.8 Å². The van der Waals surface area contributed by atoms with Crippen molar-refractivity contribution in [2.24, 2.45) is 4.99 Å². The standard InChI is InChI=1S/C7H13BrN2/c1-9-5-7-3-2-6(8)4-10-7/h6,9H,2-5H2,1H3. The Hall–Kier alpha value is 0.110. The molecular weight excluding hydrogens is 192 g/mol. The summed E-state index contributed by atoms with van der Waals surface area (Å²) in [7, 11) is 1.96. The van der Waals surface area contributed by atoms with Crippen molar-refractivity contribution < 1.29 is 0 Å². The second kappa shape index (κ2) is 4.09. The van der Waals surface area contributed by atoms with Crippen LogP contribution >= 0.6 is 15.9 Å². The highest BCUT2D eigenvalue weighted by Gasteiger charge is 2.10.